The van der Waals surface area contributed by atoms with Gasteiger partial charge in [-0.1, -0.05) is 36.9 Å². The zero-order valence-electron chi connectivity index (χ0n) is 17.1. The summed E-state index contributed by atoms with van der Waals surface area (Å²) < 4.78 is 27.2. The molecule has 3 N–H and O–H groups in total. The van der Waals surface area contributed by atoms with Crippen LogP contribution in [0.4, 0.5) is 20.2 Å². The minimum atomic E-state index is -0.769. The van der Waals surface area contributed by atoms with Crippen LogP contribution in [-0.4, -0.2) is 32.2 Å². The quantitative estimate of drug-likeness (QED) is 0.465. The van der Waals surface area contributed by atoms with E-state index in [4.69, 9.17) is 0 Å². The molecule has 0 radical (unpaired) electrons. The van der Waals surface area contributed by atoms with Crippen molar-refractivity contribution < 1.29 is 18.4 Å². The summed E-state index contributed by atoms with van der Waals surface area (Å²) in [4.78, 5) is 39.1. The molecule has 166 valence electrons. The second-order valence-electron chi connectivity index (χ2n) is 6.66. The lowest BCUT2D eigenvalue weighted by Crippen LogP contribution is -2.26. The van der Waals surface area contributed by atoms with Gasteiger partial charge in [-0.25, -0.2) is 8.78 Å². The van der Waals surface area contributed by atoms with Crippen LogP contribution in [0.2, 0.25) is 0 Å². The Labute approximate surface area is 185 Å². The summed E-state index contributed by atoms with van der Waals surface area (Å²) in [5, 5.41) is 12.2. The molecule has 1 heterocycles. The zero-order chi connectivity index (χ0) is 23.3. The second kappa shape index (κ2) is 10.1. The lowest BCUT2D eigenvalue weighted by molar-refractivity contribution is -0.116. The van der Waals surface area contributed by atoms with Crippen molar-refractivity contribution in [3.05, 3.63) is 64.5 Å². The van der Waals surface area contributed by atoms with E-state index in [9.17, 15) is 23.2 Å². The highest BCUT2D eigenvalue weighted by Gasteiger charge is 2.22. The molecule has 0 aliphatic carbocycles. The average molecular weight is 459 g/mol. The topological polar surface area (TPSA) is 117 Å². The second-order valence-corrected chi connectivity index (χ2v) is 7.85. The first-order valence-electron chi connectivity index (χ1n) is 9.55. The Bertz CT molecular complexity index is 1220. The number of aromatic amines is 1. The molecule has 2 aromatic carbocycles. The maximum Gasteiger partial charge on any atom is 0.278 e. The largest absolute Gasteiger partial charge is 0.326 e. The molecular formula is C21H19F2N5O3S. The number of benzene rings is 2. The van der Waals surface area contributed by atoms with Gasteiger partial charge in [-0.2, -0.15) is 0 Å². The zero-order valence-corrected chi connectivity index (χ0v) is 17.9. The molecular weight excluding hydrogens is 440 g/mol. The molecule has 0 spiro atoms. The molecule has 2 amide bonds. The van der Waals surface area contributed by atoms with Crippen LogP contribution in [0.15, 0.2) is 52.4 Å². The van der Waals surface area contributed by atoms with Crippen LogP contribution in [0.3, 0.4) is 0 Å². The predicted molar refractivity (Wildman–Crippen MR) is 117 cm³/mol. The molecule has 0 aliphatic heterocycles. The maximum absolute atomic E-state index is 13.8. The van der Waals surface area contributed by atoms with Gasteiger partial charge in [0.15, 0.2) is 10.9 Å². The summed E-state index contributed by atoms with van der Waals surface area (Å²) in [6.07, 6.45) is 0.324. The Kier molecular flexibility index (Phi) is 7.31. The number of amides is 2. The average Bonchev–Trinajstić information content (AvgIpc) is 2.75. The summed E-state index contributed by atoms with van der Waals surface area (Å²) in [5.41, 5.74) is -0.0502. The summed E-state index contributed by atoms with van der Waals surface area (Å²) in [7, 11) is 0. The molecule has 0 saturated carbocycles. The van der Waals surface area contributed by atoms with Crippen molar-refractivity contribution >= 4 is 35.0 Å². The maximum atomic E-state index is 13.8. The molecule has 32 heavy (non-hydrogen) atoms. The first kappa shape index (κ1) is 23.1. The van der Waals surface area contributed by atoms with Gasteiger partial charge in [0.05, 0.1) is 16.6 Å². The van der Waals surface area contributed by atoms with Crippen molar-refractivity contribution in [2.75, 3.05) is 10.6 Å². The number of halogens is 2. The fraction of sp³-hybridized carbons (Fsp3) is 0.190. The Hall–Kier alpha value is -3.60. The van der Waals surface area contributed by atoms with Gasteiger partial charge in [0.1, 0.15) is 11.6 Å². The van der Waals surface area contributed by atoms with E-state index >= 15 is 0 Å². The number of rotatable bonds is 7. The van der Waals surface area contributed by atoms with Crippen LogP contribution in [0.25, 0.3) is 11.3 Å². The highest BCUT2D eigenvalue weighted by molar-refractivity contribution is 8.00. The molecule has 0 aliphatic rings. The van der Waals surface area contributed by atoms with Gasteiger partial charge in [-0.3, -0.25) is 19.4 Å². The lowest BCUT2D eigenvalue weighted by Gasteiger charge is -2.14. The molecule has 0 unspecified atom stereocenters. The molecule has 3 aromatic rings. The molecule has 3 rings (SSSR count). The van der Waals surface area contributed by atoms with Gasteiger partial charge in [0.25, 0.3) is 5.56 Å². The third kappa shape index (κ3) is 5.55. The number of nitrogens with zero attached hydrogens (tertiary/aromatic N) is 2. The smallest absolute Gasteiger partial charge is 0.278 e. The van der Waals surface area contributed by atoms with Gasteiger partial charge in [-0.15, -0.1) is 10.2 Å². The molecule has 0 saturated heterocycles. The highest BCUT2D eigenvalue weighted by atomic mass is 32.2. The van der Waals surface area contributed by atoms with Crippen molar-refractivity contribution in [2.24, 2.45) is 0 Å². The van der Waals surface area contributed by atoms with Gasteiger partial charge >= 0.3 is 0 Å². The highest BCUT2D eigenvalue weighted by Crippen LogP contribution is 2.26. The number of anilines is 2. The van der Waals surface area contributed by atoms with E-state index < -0.39 is 28.4 Å². The minimum Gasteiger partial charge on any atom is -0.326 e. The van der Waals surface area contributed by atoms with Gasteiger partial charge in [0.2, 0.25) is 11.8 Å². The molecule has 1 atom stereocenters. The number of H-pyrrole nitrogens is 1. The van der Waals surface area contributed by atoms with Crippen LogP contribution >= 0.6 is 11.8 Å². The first-order valence-corrected chi connectivity index (χ1v) is 10.4. The van der Waals surface area contributed by atoms with Crippen molar-refractivity contribution in [3.63, 3.8) is 0 Å². The number of para-hydroxylation sites is 1. The molecule has 11 heteroatoms. The molecule has 8 nitrogen and oxygen atoms in total. The number of thioether (sulfide) groups is 1. The summed E-state index contributed by atoms with van der Waals surface area (Å²) in [6, 6.07) is 9.38. The number of carbonyl (C=O) groups is 2. The van der Waals surface area contributed by atoms with Gasteiger partial charge < -0.3 is 10.6 Å². The van der Waals surface area contributed by atoms with Crippen molar-refractivity contribution in [1.82, 2.24) is 15.2 Å². The monoisotopic (exact) mass is 459 g/mol. The Morgan fingerprint density at radius 3 is 2.53 bits per heavy atom. The van der Waals surface area contributed by atoms with Crippen molar-refractivity contribution in [2.45, 2.75) is 30.7 Å². The SMILES string of the molecule is CC[C@@H](Sc1nnc(-c2ccccc2NC(C)=O)c(=O)[nH]1)C(=O)Nc1cc(F)ccc1F. The first-order chi connectivity index (χ1) is 15.3. The minimum absolute atomic E-state index is 0.00182. The number of carbonyl (C=O) groups excluding carboxylic acids is 2. The van der Waals surface area contributed by atoms with E-state index in [1.807, 2.05) is 0 Å². The number of hydrogen-bond acceptors (Lipinski definition) is 6. The lowest BCUT2D eigenvalue weighted by atomic mass is 10.1. The van der Waals surface area contributed by atoms with Crippen LogP contribution < -0.4 is 16.2 Å². The van der Waals surface area contributed by atoms with Crippen molar-refractivity contribution in [1.29, 1.82) is 0 Å². The van der Waals surface area contributed by atoms with Crippen LogP contribution in [0.5, 0.6) is 0 Å². The Balaban J connectivity index is 1.80. The van der Waals surface area contributed by atoms with E-state index in [-0.39, 0.29) is 22.4 Å². The van der Waals surface area contributed by atoms with Crippen LogP contribution in [0.1, 0.15) is 20.3 Å². The van der Waals surface area contributed by atoms with Crippen molar-refractivity contribution in [3.8, 4) is 11.3 Å². The third-order valence-corrected chi connectivity index (χ3v) is 5.51. The standard InChI is InChI=1S/C21H19F2N5O3S/c1-3-17(19(30)25-16-10-12(22)8-9-14(16)23)32-21-26-20(31)18(27-28-21)13-6-4-5-7-15(13)24-11(2)29/h4-10,17H,3H2,1-2H3,(H,24,29)(H,25,30)(H,26,28,31)/t17-/m1/s1. The number of hydrogen-bond donors (Lipinski definition) is 3. The summed E-state index contributed by atoms with van der Waals surface area (Å²) >= 11 is 0.932. The summed E-state index contributed by atoms with van der Waals surface area (Å²) in [5.74, 6) is -2.34. The van der Waals surface area contributed by atoms with E-state index in [2.05, 4.69) is 25.8 Å². The third-order valence-electron chi connectivity index (χ3n) is 4.27. The van der Waals surface area contributed by atoms with Gasteiger partial charge in [0, 0.05) is 18.6 Å². The predicted octanol–water partition coefficient (Wildman–Crippen LogP) is 3.58. The Morgan fingerprint density at radius 1 is 1.09 bits per heavy atom. The number of aromatic nitrogens is 3. The summed E-state index contributed by atoms with van der Waals surface area (Å²) in [6.45, 7) is 3.07. The normalized spacial score (nSPS) is 11.6. The Morgan fingerprint density at radius 2 is 1.84 bits per heavy atom. The fourth-order valence-corrected chi connectivity index (χ4v) is 3.64. The number of nitrogens with one attached hydrogen (secondary N) is 3. The molecule has 1 aromatic heterocycles. The van der Waals surface area contributed by atoms with Crippen LogP contribution in [0, 0.1) is 11.6 Å². The van der Waals surface area contributed by atoms with E-state index in [1.54, 1.807) is 31.2 Å². The van der Waals surface area contributed by atoms with E-state index in [1.165, 1.54) is 6.92 Å². The molecule has 0 fully saturated rings. The van der Waals surface area contributed by atoms with E-state index in [0.29, 0.717) is 17.7 Å². The molecule has 0 bridgehead atoms. The van der Waals surface area contributed by atoms with Crippen LogP contribution in [-0.2, 0) is 9.59 Å². The fourth-order valence-electron chi connectivity index (χ4n) is 2.80. The van der Waals surface area contributed by atoms with E-state index in [0.717, 1.165) is 30.0 Å². The van der Waals surface area contributed by atoms with Gasteiger partial charge in [-0.05, 0) is 24.6 Å².